The maximum atomic E-state index is 12.3. The Morgan fingerprint density at radius 3 is 2.75 bits per heavy atom. The average molecular weight is 316 g/mol. The van der Waals surface area contributed by atoms with E-state index in [4.69, 9.17) is 0 Å². The van der Waals surface area contributed by atoms with Crippen LogP contribution in [0, 0.1) is 12.8 Å². The molecule has 0 aliphatic heterocycles. The van der Waals surface area contributed by atoms with Crippen molar-refractivity contribution in [2.75, 3.05) is 13.1 Å². The molecular formula is C14H24N2O2S2. The lowest BCUT2D eigenvalue weighted by molar-refractivity contribution is 0.575. The molecule has 2 rings (SSSR count). The molecule has 0 bridgehead atoms. The number of thiophene rings is 1. The molecule has 0 unspecified atom stereocenters. The van der Waals surface area contributed by atoms with E-state index in [0.29, 0.717) is 11.4 Å². The van der Waals surface area contributed by atoms with E-state index in [-0.39, 0.29) is 0 Å². The Balaban J connectivity index is 1.94. The first kappa shape index (κ1) is 15.9. The molecule has 1 heterocycles. The van der Waals surface area contributed by atoms with Gasteiger partial charge in [0.15, 0.2) is 0 Å². The molecule has 2 N–H and O–H groups in total. The second-order valence-electron chi connectivity index (χ2n) is 5.44. The normalized spacial score (nSPS) is 15.7. The van der Waals surface area contributed by atoms with Crippen molar-refractivity contribution in [2.24, 2.45) is 5.92 Å². The van der Waals surface area contributed by atoms with Crippen molar-refractivity contribution in [1.82, 2.24) is 10.0 Å². The summed E-state index contributed by atoms with van der Waals surface area (Å²) in [6, 6.07) is 1.81. The van der Waals surface area contributed by atoms with Crippen LogP contribution >= 0.6 is 11.3 Å². The summed E-state index contributed by atoms with van der Waals surface area (Å²) in [7, 11) is -3.34. The fourth-order valence-corrected chi connectivity index (χ4v) is 4.80. The van der Waals surface area contributed by atoms with E-state index < -0.39 is 10.0 Å². The first-order chi connectivity index (χ1) is 9.53. The van der Waals surface area contributed by atoms with Gasteiger partial charge in [-0.2, -0.15) is 0 Å². The van der Waals surface area contributed by atoms with Crippen LogP contribution in [0.1, 0.15) is 42.4 Å². The molecule has 0 atom stereocenters. The van der Waals surface area contributed by atoms with E-state index in [9.17, 15) is 8.42 Å². The lowest BCUT2D eigenvalue weighted by atomic mass is 10.3. The van der Waals surface area contributed by atoms with E-state index in [2.05, 4.69) is 17.0 Å². The van der Waals surface area contributed by atoms with Gasteiger partial charge in [-0.05, 0) is 38.3 Å². The van der Waals surface area contributed by atoms with Crippen LogP contribution in [-0.4, -0.2) is 21.5 Å². The molecule has 1 aliphatic carbocycles. The summed E-state index contributed by atoms with van der Waals surface area (Å²) in [5, 5.41) is 3.30. The minimum absolute atomic E-state index is 0.451. The molecule has 1 aromatic rings. The molecule has 0 aromatic carbocycles. The van der Waals surface area contributed by atoms with Crippen LogP contribution in [0.5, 0.6) is 0 Å². The van der Waals surface area contributed by atoms with Gasteiger partial charge < -0.3 is 5.32 Å². The van der Waals surface area contributed by atoms with Gasteiger partial charge in [0.1, 0.15) is 0 Å². The van der Waals surface area contributed by atoms with Crippen LogP contribution in [0.25, 0.3) is 0 Å². The molecule has 114 valence electrons. The Bertz CT molecular complexity index is 533. The fraction of sp³-hybridized carbons (Fsp3) is 0.714. The van der Waals surface area contributed by atoms with Crippen LogP contribution in [0.15, 0.2) is 11.0 Å². The smallest absolute Gasteiger partial charge is 0.241 e. The number of nitrogens with one attached hydrogen (secondary N) is 2. The topological polar surface area (TPSA) is 58.2 Å². The summed E-state index contributed by atoms with van der Waals surface area (Å²) in [6.07, 6.45) is 4.56. The number of hydrogen-bond acceptors (Lipinski definition) is 4. The Labute approximate surface area is 126 Å². The third-order valence-corrected chi connectivity index (χ3v) is 6.25. The molecule has 0 radical (unpaired) electrons. The van der Waals surface area contributed by atoms with Gasteiger partial charge in [0.05, 0.1) is 4.90 Å². The number of rotatable bonds is 9. The zero-order chi connectivity index (χ0) is 14.6. The van der Waals surface area contributed by atoms with Crippen LogP contribution in [-0.2, 0) is 16.6 Å². The highest BCUT2D eigenvalue weighted by Gasteiger charge is 2.23. The molecule has 0 saturated heterocycles. The van der Waals surface area contributed by atoms with E-state index in [0.717, 1.165) is 41.6 Å². The number of sulfonamides is 1. The molecule has 1 aromatic heterocycles. The lowest BCUT2D eigenvalue weighted by Gasteiger charge is -2.05. The predicted molar refractivity (Wildman–Crippen MR) is 83.6 cm³/mol. The largest absolute Gasteiger partial charge is 0.312 e. The van der Waals surface area contributed by atoms with Crippen LogP contribution < -0.4 is 10.0 Å². The minimum Gasteiger partial charge on any atom is -0.312 e. The van der Waals surface area contributed by atoms with E-state index in [1.807, 2.05) is 13.0 Å². The average Bonchev–Trinajstić information content (AvgIpc) is 3.12. The molecular weight excluding hydrogens is 292 g/mol. The fourth-order valence-electron chi connectivity index (χ4n) is 2.15. The molecule has 1 fully saturated rings. The minimum atomic E-state index is -3.34. The monoisotopic (exact) mass is 316 g/mol. The highest BCUT2D eigenvalue weighted by molar-refractivity contribution is 7.89. The highest BCUT2D eigenvalue weighted by Crippen LogP contribution is 2.32. The van der Waals surface area contributed by atoms with Crippen LogP contribution in [0.4, 0.5) is 0 Å². The van der Waals surface area contributed by atoms with Gasteiger partial charge in [-0.15, -0.1) is 11.3 Å². The van der Waals surface area contributed by atoms with Gasteiger partial charge in [-0.1, -0.05) is 19.8 Å². The Hall–Kier alpha value is -0.430. The van der Waals surface area contributed by atoms with Crippen molar-refractivity contribution in [3.63, 3.8) is 0 Å². The van der Waals surface area contributed by atoms with Crippen molar-refractivity contribution in [2.45, 2.75) is 51.0 Å². The summed E-state index contributed by atoms with van der Waals surface area (Å²) < 4.78 is 27.3. The first-order valence-electron chi connectivity index (χ1n) is 7.32. The Morgan fingerprint density at radius 2 is 2.10 bits per heavy atom. The molecule has 0 amide bonds. The van der Waals surface area contributed by atoms with E-state index in [1.165, 1.54) is 12.8 Å². The Morgan fingerprint density at radius 1 is 1.35 bits per heavy atom. The highest BCUT2D eigenvalue weighted by atomic mass is 32.2. The van der Waals surface area contributed by atoms with Crippen LogP contribution in [0.3, 0.4) is 0 Å². The van der Waals surface area contributed by atoms with Gasteiger partial charge in [0.2, 0.25) is 10.0 Å². The summed E-state index contributed by atoms with van der Waals surface area (Å²) in [5.74, 6) is 0.745. The summed E-state index contributed by atoms with van der Waals surface area (Å²) in [6.45, 7) is 6.26. The second-order valence-corrected chi connectivity index (χ2v) is 8.52. The summed E-state index contributed by atoms with van der Waals surface area (Å²) >= 11 is 1.56. The standard InChI is InChI=1S/C14H24N2O2S2/c1-3-7-15-10-13-9-14(11(2)19-13)20(17,18)16-8-6-12-4-5-12/h9,12,15-16H,3-8,10H2,1-2H3. The molecule has 1 aliphatic rings. The second kappa shape index (κ2) is 7.02. The van der Waals surface area contributed by atoms with Gasteiger partial charge in [0.25, 0.3) is 0 Å². The molecule has 6 heteroatoms. The molecule has 1 saturated carbocycles. The van der Waals surface area contributed by atoms with Gasteiger partial charge in [-0.25, -0.2) is 13.1 Å². The van der Waals surface area contributed by atoms with Crippen LogP contribution in [0.2, 0.25) is 0 Å². The maximum Gasteiger partial charge on any atom is 0.241 e. The number of hydrogen-bond donors (Lipinski definition) is 2. The van der Waals surface area contributed by atoms with Crippen molar-refractivity contribution >= 4 is 21.4 Å². The van der Waals surface area contributed by atoms with E-state index in [1.54, 1.807) is 11.3 Å². The first-order valence-corrected chi connectivity index (χ1v) is 9.62. The van der Waals surface area contributed by atoms with Crippen molar-refractivity contribution in [3.8, 4) is 0 Å². The van der Waals surface area contributed by atoms with Gasteiger partial charge in [0, 0.05) is 22.8 Å². The SMILES string of the molecule is CCCNCc1cc(S(=O)(=O)NCCC2CC2)c(C)s1. The summed E-state index contributed by atoms with van der Waals surface area (Å²) in [5.41, 5.74) is 0. The Kier molecular flexibility index (Phi) is 5.60. The van der Waals surface area contributed by atoms with Crippen molar-refractivity contribution in [3.05, 3.63) is 15.8 Å². The zero-order valence-corrected chi connectivity index (χ0v) is 13.9. The molecule has 20 heavy (non-hydrogen) atoms. The maximum absolute atomic E-state index is 12.3. The lowest BCUT2D eigenvalue weighted by Crippen LogP contribution is -2.25. The number of aryl methyl sites for hydroxylation is 1. The zero-order valence-electron chi connectivity index (χ0n) is 12.2. The quantitative estimate of drug-likeness (QED) is 0.689. The molecule has 0 spiro atoms. The van der Waals surface area contributed by atoms with Gasteiger partial charge in [-0.3, -0.25) is 0 Å². The van der Waals surface area contributed by atoms with Crippen molar-refractivity contribution < 1.29 is 8.42 Å². The van der Waals surface area contributed by atoms with Gasteiger partial charge >= 0.3 is 0 Å². The third kappa shape index (κ3) is 4.55. The van der Waals surface area contributed by atoms with E-state index >= 15 is 0 Å². The molecule has 4 nitrogen and oxygen atoms in total. The third-order valence-electron chi connectivity index (χ3n) is 3.48. The predicted octanol–water partition coefficient (Wildman–Crippen LogP) is 2.63. The summed E-state index contributed by atoms with van der Waals surface area (Å²) in [4.78, 5) is 2.40. The van der Waals surface area contributed by atoms with Crippen molar-refractivity contribution in [1.29, 1.82) is 0 Å².